The molecule has 0 atom stereocenters. The number of halogens is 2. The van der Waals surface area contributed by atoms with Crippen molar-refractivity contribution in [1.29, 1.82) is 0 Å². The molecule has 214 valence electrons. The van der Waals surface area contributed by atoms with E-state index in [1.54, 1.807) is 13.8 Å². The summed E-state index contributed by atoms with van der Waals surface area (Å²) in [7, 11) is 2.71. The van der Waals surface area contributed by atoms with Gasteiger partial charge < -0.3 is 19.3 Å². The van der Waals surface area contributed by atoms with Gasteiger partial charge in [0.15, 0.2) is 0 Å². The van der Waals surface area contributed by atoms with Crippen molar-refractivity contribution in [1.82, 2.24) is 0 Å². The molecule has 0 N–H and O–H groups in total. The summed E-state index contributed by atoms with van der Waals surface area (Å²) in [6.07, 6.45) is -0.502. The van der Waals surface area contributed by atoms with Gasteiger partial charge >= 0.3 is 12.1 Å². The zero-order valence-corrected chi connectivity index (χ0v) is 23.3. The summed E-state index contributed by atoms with van der Waals surface area (Å²) < 4.78 is 39.1. The molecule has 0 aliphatic rings. The number of esters is 1. The quantitative estimate of drug-likeness (QED) is 0.112. The highest BCUT2D eigenvalue weighted by Gasteiger charge is 2.34. The Hall–Kier alpha value is -3.94. The number of hydrogen-bond donors (Lipinski definition) is 0. The zero-order chi connectivity index (χ0) is 29.6. The summed E-state index contributed by atoms with van der Waals surface area (Å²) in [6, 6.07) is 8.70. The number of ether oxygens (including phenoxy) is 2. The van der Waals surface area contributed by atoms with Crippen LogP contribution in [0.2, 0.25) is 0 Å². The van der Waals surface area contributed by atoms with Gasteiger partial charge in [0.05, 0.1) is 38.8 Å². The number of hydroxylamine groups is 3. The first-order chi connectivity index (χ1) is 18.9. The molecule has 10 nitrogen and oxygen atoms in total. The third-order valence-electron chi connectivity index (χ3n) is 5.62. The van der Waals surface area contributed by atoms with Gasteiger partial charge in [-0.3, -0.25) is 15.0 Å². The standard InChI is InChI=1S/C27H29F2N3O7S/c1-5-14-39-27(34)30(15-19-21(28)8-7-9-22(19)29)25-23(26(33)38-6-2)20(16-32(3,4)37)24(40-25)17-10-12-18(13-11-17)31(35)36/h7-13H,5-6,14-16H2,1-4H3. The van der Waals surface area contributed by atoms with Crippen LogP contribution in [0.4, 0.5) is 24.3 Å². The van der Waals surface area contributed by atoms with Gasteiger partial charge in [-0.05, 0) is 43.2 Å². The molecular weight excluding hydrogens is 548 g/mol. The maximum atomic E-state index is 14.7. The molecule has 1 aromatic heterocycles. The average Bonchev–Trinajstić information content (AvgIpc) is 3.24. The van der Waals surface area contributed by atoms with Crippen LogP contribution in [0, 0.1) is 27.0 Å². The molecule has 0 bridgehead atoms. The Labute approximate surface area is 233 Å². The van der Waals surface area contributed by atoms with E-state index >= 15 is 0 Å². The lowest BCUT2D eigenvalue weighted by molar-refractivity contribution is -0.853. The monoisotopic (exact) mass is 577 g/mol. The molecule has 0 saturated carbocycles. The van der Waals surface area contributed by atoms with E-state index < -0.39 is 45.4 Å². The number of quaternary nitrogens is 1. The smallest absolute Gasteiger partial charge is 0.415 e. The van der Waals surface area contributed by atoms with Crippen molar-refractivity contribution in [3.8, 4) is 10.4 Å². The van der Waals surface area contributed by atoms with Gasteiger partial charge in [0.1, 0.15) is 28.7 Å². The van der Waals surface area contributed by atoms with E-state index in [0.29, 0.717) is 16.9 Å². The Morgan fingerprint density at radius 1 is 1.02 bits per heavy atom. The van der Waals surface area contributed by atoms with Gasteiger partial charge in [-0.1, -0.05) is 13.0 Å². The van der Waals surface area contributed by atoms with Crippen molar-refractivity contribution in [3.05, 3.63) is 86.1 Å². The van der Waals surface area contributed by atoms with E-state index in [0.717, 1.165) is 28.4 Å². The molecule has 0 fully saturated rings. The predicted octanol–water partition coefficient (Wildman–Crippen LogP) is 6.41. The van der Waals surface area contributed by atoms with Gasteiger partial charge in [-0.2, -0.15) is 0 Å². The van der Waals surface area contributed by atoms with Crippen molar-refractivity contribution < 1.29 is 37.4 Å². The molecular formula is C27H29F2N3O7S. The van der Waals surface area contributed by atoms with E-state index in [-0.39, 0.29) is 41.6 Å². The number of nitro benzene ring substituents is 1. The van der Waals surface area contributed by atoms with Crippen molar-refractivity contribution in [2.45, 2.75) is 33.4 Å². The van der Waals surface area contributed by atoms with Crippen molar-refractivity contribution >= 4 is 34.1 Å². The lowest BCUT2D eigenvalue weighted by Gasteiger charge is -2.34. The number of amides is 1. The van der Waals surface area contributed by atoms with Crippen LogP contribution in [0.1, 0.15) is 41.8 Å². The largest absolute Gasteiger partial charge is 0.633 e. The number of non-ortho nitro benzene ring substituents is 1. The first-order valence-electron chi connectivity index (χ1n) is 12.4. The van der Waals surface area contributed by atoms with Gasteiger partial charge in [0, 0.05) is 28.1 Å². The molecule has 0 aliphatic heterocycles. The van der Waals surface area contributed by atoms with E-state index in [1.807, 2.05) is 0 Å². The molecule has 40 heavy (non-hydrogen) atoms. The van der Waals surface area contributed by atoms with Gasteiger partial charge in [-0.15, -0.1) is 11.3 Å². The number of benzene rings is 2. The molecule has 3 aromatic rings. The van der Waals surface area contributed by atoms with Crippen molar-refractivity contribution in [2.75, 3.05) is 32.2 Å². The van der Waals surface area contributed by atoms with Crippen LogP contribution in [0.25, 0.3) is 10.4 Å². The summed E-state index contributed by atoms with van der Waals surface area (Å²) >= 11 is 0.910. The minimum atomic E-state index is -0.964. The SMILES string of the molecule is CCCOC(=O)N(Cc1c(F)cccc1F)c1sc(-c2ccc([N+](=O)[O-])cc2)c(C[N+](C)(C)[O-])c1C(=O)OCC. The van der Waals surface area contributed by atoms with Crippen LogP contribution in [0.15, 0.2) is 42.5 Å². The number of thiophene rings is 1. The molecule has 0 spiro atoms. The highest BCUT2D eigenvalue weighted by atomic mass is 32.1. The molecule has 13 heteroatoms. The fourth-order valence-corrected chi connectivity index (χ4v) is 5.18. The van der Waals surface area contributed by atoms with E-state index in [2.05, 4.69) is 0 Å². The zero-order valence-electron chi connectivity index (χ0n) is 22.4. The minimum absolute atomic E-state index is 0.00174. The second kappa shape index (κ2) is 12.9. The summed E-state index contributed by atoms with van der Waals surface area (Å²) in [4.78, 5) is 38.6. The second-order valence-electron chi connectivity index (χ2n) is 9.25. The molecule has 1 heterocycles. The Bertz CT molecular complexity index is 1370. The topological polar surface area (TPSA) is 122 Å². The minimum Gasteiger partial charge on any atom is -0.633 e. The highest BCUT2D eigenvalue weighted by Crippen LogP contribution is 2.45. The number of carbonyl (C=O) groups is 2. The van der Waals surface area contributed by atoms with Crippen LogP contribution in [0.3, 0.4) is 0 Å². The number of carbonyl (C=O) groups excluding carboxylic acids is 2. The third kappa shape index (κ3) is 7.17. The number of anilines is 1. The van der Waals surface area contributed by atoms with Crippen molar-refractivity contribution in [2.24, 2.45) is 0 Å². The summed E-state index contributed by atoms with van der Waals surface area (Å²) in [6.45, 7) is 2.45. The molecule has 0 saturated heterocycles. The molecule has 0 aliphatic carbocycles. The van der Waals surface area contributed by atoms with Crippen LogP contribution in [-0.2, 0) is 22.6 Å². The summed E-state index contributed by atoms with van der Waals surface area (Å²) in [5, 5.41) is 24.0. The Balaban J connectivity index is 2.33. The van der Waals surface area contributed by atoms with Gasteiger partial charge in [-0.25, -0.2) is 18.4 Å². The maximum absolute atomic E-state index is 14.7. The number of nitrogens with zero attached hydrogens (tertiary/aromatic N) is 3. The summed E-state index contributed by atoms with van der Waals surface area (Å²) in [5.41, 5.74) is -0.0956. The fraction of sp³-hybridized carbons (Fsp3) is 0.333. The maximum Gasteiger partial charge on any atom is 0.415 e. The Morgan fingerprint density at radius 3 is 2.17 bits per heavy atom. The summed E-state index contributed by atoms with van der Waals surface area (Å²) in [5.74, 6) is -2.67. The van der Waals surface area contributed by atoms with Crippen LogP contribution in [-0.4, -0.2) is 48.9 Å². The molecule has 2 aromatic carbocycles. The molecule has 3 rings (SSSR count). The normalized spacial score (nSPS) is 11.3. The Morgan fingerprint density at radius 2 is 1.65 bits per heavy atom. The number of hydrogen-bond acceptors (Lipinski definition) is 8. The average molecular weight is 578 g/mol. The molecule has 0 unspecified atom stereocenters. The Kier molecular flexibility index (Phi) is 9.90. The predicted molar refractivity (Wildman–Crippen MR) is 146 cm³/mol. The fourth-order valence-electron chi connectivity index (χ4n) is 3.88. The van der Waals surface area contributed by atoms with Gasteiger partial charge in [0.2, 0.25) is 0 Å². The van der Waals surface area contributed by atoms with Crippen LogP contribution < -0.4 is 4.90 Å². The van der Waals surface area contributed by atoms with Gasteiger partial charge in [0.25, 0.3) is 5.69 Å². The number of nitro groups is 1. The van der Waals surface area contributed by atoms with Crippen molar-refractivity contribution in [3.63, 3.8) is 0 Å². The first kappa shape index (κ1) is 30.6. The number of rotatable bonds is 11. The van der Waals surface area contributed by atoms with Crippen LogP contribution >= 0.6 is 11.3 Å². The third-order valence-corrected chi connectivity index (χ3v) is 6.92. The van der Waals surface area contributed by atoms with E-state index in [1.165, 1.54) is 44.4 Å². The lowest BCUT2D eigenvalue weighted by atomic mass is 10.0. The van der Waals surface area contributed by atoms with E-state index in [9.17, 15) is 33.7 Å². The first-order valence-corrected chi connectivity index (χ1v) is 13.2. The lowest BCUT2D eigenvalue weighted by Crippen LogP contribution is -2.34. The van der Waals surface area contributed by atoms with E-state index in [4.69, 9.17) is 9.47 Å². The molecule has 1 amide bonds. The second-order valence-corrected chi connectivity index (χ2v) is 10.2. The molecule has 0 radical (unpaired) electrons. The van der Waals surface area contributed by atoms with Crippen LogP contribution in [0.5, 0.6) is 0 Å². The highest BCUT2D eigenvalue weighted by molar-refractivity contribution is 7.20.